The van der Waals surface area contributed by atoms with E-state index in [2.05, 4.69) is 84.7 Å². The van der Waals surface area contributed by atoms with Crippen LogP contribution in [0.15, 0.2) is 18.2 Å². The molecule has 148 valence electrons. The number of hydrogen-bond donors (Lipinski definition) is 0. The highest BCUT2D eigenvalue weighted by molar-refractivity contribution is 5.66. The van der Waals surface area contributed by atoms with Crippen LogP contribution < -0.4 is 14.7 Å². The van der Waals surface area contributed by atoms with Crippen LogP contribution >= 0.6 is 0 Å². The van der Waals surface area contributed by atoms with Crippen molar-refractivity contribution in [2.75, 3.05) is 48.4 Å². The number of benzene rings is 1. The average Bonchev–Trinajstić information content (AvgIpc) is 2.63. The largest absolute Gasteiger partial charge is 0.378 e. The fourth-order valence-corrected chi connectivity index (χ4v) is 3.21. The molecule has 2 rings (SSSR count). The first-order valence-corrected chi connectivity index (χ1v) is 9.94. The van der Waals surface area contributed by atoms with E-state index in [1.54, 1.807) is 0 Å². The molecule has 2 aromatic rings. The van der Waals surface area contributed by atoms with E-state index in [4.69, 9.17) is 4.98 Å². The molecule has 0 amide bonds. The Morgan fingerprint density at radius 3 is 2.00 bits per heavy atom. The zero-order valence-corrected chi connectivity index (χ0v) is 18.0. The molecule has 0 aliphatic carbocycles. The zero-order valence-electron chi connectivity index (χ0n) is 18.0. The van der Waals surface area contributed by atoms with Crippen molar-refractivity contribution < 1.29 is 0 Å². The summed E-state index contributed by atoms with van der Waals surface area (Å²) in [5, 5.41) is 0. The van der Waals surface area contributed by atoms with Gasteiger partial charge in [-0.25, -0.2) is 0 Å². The molecule has 0 aliphatic heterocycles. The fraction of sp³-hybridized carbons (Fsp3) is 0.571. The second-order valence-electron chi connectivity index (χ2n) is 7.08. The quantitative estimate of drug-likeness (QED) is 0.654. The molecule has 0 aliphatic rings. The molecule has 0 spiro atoms. The van der Waals surface area contributed by atoms with Crippen LogP contribution in [0.4, 0.5) is 23.3 Å². The van der Waals surface area contributed by atoms with Gasteiger partial charge in [-0.05, 0) is 57.4 Å². The molecule has 1 aromatic heterocycles. The van der Waals surface area contributed by atoms with Gasteiger partial charge in [-0.3, -0.25) is 0 Å². The maximum absolute atomic E-state index is 4.84. The molecule has 27 heavy (non-hydrogen) atoms. The third kappa shape index (κ3) is 5.08. The van der Waals surface area contributed by atoms with E-state index in [1.807, 2.05) is 6.92 Å². The van der Waals surface area contributed by atoms with Gasteiger partial charge in [0.05, 0.1) is 0 Å². The molecule has 0 atom stereocenters. The predicted molar refractivity (Wildman–Crippen MR) is 116 cm³/mol. The van der Waals surface area contributed by atoms with Gasteiger partial charge >= 0.3 is 0 Å². The topological polar surface area (TPSA) is 48.4 Å². The minimum absolute atomic E-state index is 0.720. The van der Waals surface area contributed by atoms with Crippen molar-refractivity contribution in [1.82, 2.24) is 15.0 Å². The van der Waals surface area contributed by atoms with Crippen LogP contribution in [-0.2, 0) is 0 Å². The Kier molecular flexibility index (Phi) is 7.39. The van der Waals surface area contributed by atoms with Crippen molar-refractivity contribution in [2.45, 2.75) is 47.5 Å². The first-order valence-electron chi connectivity index (χ1n) is 9.94. The normalized spacial score (nSPS) is 10.8. The summed E-state index contributed by atoms with van der Waals surface area (Å²) in [5.41, 5.74) is 3.54. The lowest BCUT2D eigenvalue weighted by atomic mass is 10.1. The lowest BCUT2D eigenvalue weighted by Crippen LogP contribution is -2.29. The SMILES string of the molecule is CCCN(CCC)c1nc(C)nc(N(CC)c2ccc(N(C)C)cc2C)n1. The fourth-order valence-electron chi connectivity index (χ4n) is 3.21. The van der Waals surface area contributed by atoms with E-state index < -0.39 is 0 Å². The van der Waals surface area contributed by atoms with Gasteiger partial charge in [-0.2, -0.15) is 15.0 Å². The Morgan fingerprint density at radius 2 is 1.48 bits per heavy atom. The highest BCUT2D eigenvalue weighted by atomic mass is 15.3. The number of rotatable bonds is 9. The Bertz CT molecular complexity index is 737. The van der Waals surface area contributed by atoms with Gasteiger partial charge in [-0.1, -0.05) is 13.8 Å². The first-order chi connectivity index (χ1) is 12.9. The van der Waals surface area contributed by atoms with Crippen molar-refractivity contribution in [3.63, 3.8) is 0 Å². The monoisotopic (exact) mass is 370 g/mol. The van der Waals surface area contributed by atoms with Gasteiger partial charge in [0.2, 0.25) is 11.9 Å². The highest BCUT2D eigenvalue weighted by Gasteiger charge is 2.17. The maximum atomic E-state index is 4.84. The molecule has 1 heterocycles. The van der Waals surface area contributed by atoms with Crippen LogP contribution in [0.1, 0.15) is 45.0 Å². The van der Waals surface area contributed by atoms with E-state index in [1.165, 1.54) is 11.3 Å². The third-order valence-corrected chi connectivity index (χ3v) is 4.54. The van der Waals surface area contributed by atoms with Gasteiger partial charge < -0.3 is 14.7 Å². The minimum Gasteiger partial charge on any atom is -0.378 e. The third-order valence-electron chi connectivity index (χ3n) is 4.54. The summed E-state index contributed by atoms with van der Waals surface area (Å²) in [6.07, 6.45) is 2.14. The summed E-state index contributed by atoms with van der Waals surface area (Å²) in [7, 11) is 4.12. The van der Waals surface area contributed by atoms with Crippen LogP contribution in [0, 0.1) is 13.8 Å². The molecule has 0 fully saturated rings. The Hall–Kier alpha value is -2.37. The van der Waals surface area contributed by atoms with E-state index in [0.29, 0.717) is 0 Å². The number of anilines is 4. The summed E-state index contributed by atoms with van der Waals surface area (Å²) in [6, 6.07) is 6.50. The van der Waals surface area contributed by atoms with Crippen LogP contribution in [-0.4, -0.2) is 48.7 Å². The number of nitrogens with zero attached hydrogens (tertiary/aromatic N) is 6. The van der Waals surface area contributed by atoms with Crippen molar-refractivity contribution >= 4 is 23.3 Å². The smallest absolute Gasteiger partial charge is 0.234 e. The zero-order chi connectivity index (χ0) is 20.0. The average molecular weight is 371 g/mol. The molecule has 0 unspecified atom stereocenters. The van der Waals surface area contributed by atoms with Gasteiger partial charge in [0.15, 0.2) is 0 Å². The first kappa shape index (κ1) is 20.9. The van der Waals surface area contributed by atoms with E-state index in [0.717, 1.165) is 55.9 Å². The van der Waals surface area contributed by atoms with Gasteiger partial charge in [0.25, 0.3) is 0 Å². The van der Waals surface area contributed by atoms with Crippen LogP contribution in [0.25, 0.3) is 0 Å². The predicted octanol–water partition coefficient (Wildman–Crippen LogP) is 4.34. The van der Waals surface area contributed by atoms with Crippen molar-refractivity contribution in [2.24, 2.45) is 0 Å². The summed E-state index contributed by atoms with van der Waals surface area (Å²) in [4.78, 5) is 20.6. The Labute approximate surface area is 164 Å². The van der Waals surface area contributed by atoms with E-state index in [-0.39, 0.29) is 0 Å². The molecular weight excluding hydrogens is 336 g/mol. The number of aryl methyl sites for hydroxylation is 2. The highest BCUT2D eigenvalue weighted by Crippen LogP contribution is 2.29. The molecule has 1 aromatic carbocycles. The van der Waals surface area contributed by atoms with E-state index in [9.17, 15) is 0 Å². The molecular formula is C21H34N6. The van der Waals surface area contributed by atoms with Crippen molar-refractivity contribution in [3.8, 4) is 0 Å². The van der Waals surface area contributed by atoms with Crippen molar-refractivity contribution in [3.05, 3.63) is 29.6 Å². The second kappa shape index (κ2) is 9.53. The van der Waals surface area contributed by atoms with E-state index >= 15 is 0 Å². The molecule has 0 bridgehead atoms. The summed E-state index contributed by atoms with van der Waals surface area (Å²) < 4.78 is 0. The van der Waals surface area contributed by atoms with Crippen LogP contribution in [0.2, 0.25) is 0 Å². The van der Waals surface area contributed by atoms with Gasteiger partial charge in [0, 0.05) is 45.1 Å². The lowest BCUT2D eigenvalue weighted by molar-refractivity contribution is 0.711. The molecule has 0 saturated heterocycles. The minimum atomic E-state index is 0.720. The number of hydrogen-bond acceptors (Lipinski definition) is 6. The second-order valence-corrected chi connectivity index (χ2v) is 7.08. The Balaban J connectivity index is 2.45. The van der Waals surface area contributed by atoms with Gasteiger partial charge in [-0.15, -0.1) is 0 Å². The molecule has 0 radical (unpaired) electrons. The standard InChI is InChI=1S/C21H34N6/c1-8-13-26(14-9-2)20-22-17(5)23-21(24-20)27(10-3)19-12-11-18(25(6)7)15-16(19)4/h11-12,15H,8-10,13-14H2,1-7H3. The Morgan fingerprint density at radius 1 is 0.852 bits per heavy atom. The summed E-state index contributed by atoms with van der Waals surface area (Å²) in [6.45, 7) is 13.3. The number of aromatic nitrogens is 3. The molecule has 6 heteroatoms. The van der Waals surface area contributed by atoms with Crippen LogP contribution in [0.5, 0.6) is 0 Å². The lowest BCUT2D eigenvalue weighted by Gasteiger charge is -2.27. The van der Waals surface area contributed by atoms with Crippen LogP contribution in [0.3, 0.4) is 0 Å². The molecule has 0 N–H and O–H groups in total. The van der Waals surface area contributed by atoms with Crippen molar-refractivity contribution in [1.29, 1.82) is 0 Å². The molecule has 6 nitrogen and oxygen atoms in total. The van der Waals surface area contributed by atoms with Gasteiger partial charge in [0.1, 0.15) is 5.82 Å². The summed E-state index contributed by atoms with van der Waals surface area (Å²) in [5.74, 6) is 2.26. The summed E-state index contributed by atoms with van der Waals surface area (Å²) >= 11 is 0. The maximum Gasteiger partial charge on any atom is 0.234 e. The molecule has 0 saturated carbocycles.